The van der Waals surface area contributed by atoms with Crippen LogP contribution in [0, 0.1) is 6.92 Å². The number of carbonyl (C=O) groups excluding carboxylic acids is 3. The number of hydrogen-bond acceptors (Lipinski definition) is 6. The van der Waals surface area contributed by atoms with Crippen LogP contribution < -0.4 is 20.1 Å². The smallest absolute Gasteiger partial charge is 0.338 e. The first-order valence-electron chi connectivity index (χ1n) is 16.5. The highest BCUT2D eigenvalue weighted by Crippen LogP contribution is 2.39. The molecule has 0 spiro atoms. The number of fused-ring (bicyclic) bond motifs is 2. The monoisotopic (exact) mass is 619 g/mol. The van der Waals surface area contributed by atoms with Crippen molar-refractivity contribution in [3.8, 4) is 11.5 Å². The number of cyclic esters (lactones) is 1. The van der Waals surface area contributed by atoms with Crippen molar-refractivity contribution in [1.29, 1.82) is 0 Å². The fraction of sp³-hybridized carbons (Fsp3) is 0.375. The minimum Gasteiger partial charge on any atom is -0.456 e. The van der Waals surface area contributed by atoms with Crippen LogP contribution >= 0.6 is 0 Å². The van der Waals surface area contributed by atoms with Crippen molar-refractivity contribution in [2.45, 2.75) is 84.2 Å². The van der Waals surface area contributed by atoms with E-state index >= 15 is 0 Å². The molecule has 1 saturated heterocycles. The van der Waals surface area contributed by atoms with Crippen LogP contribution in [0.4, 0.5) is 5.69 Å². The highest BCUT2D eigenvalue weighted by molar-refractivity contribution is 5.97. The van der Waals surface area contributed by atoms with Crippen LogP contribution in [-0.2, 0) is 14.3 Å². The molecule has 0 N–H and O–H groups in total. The topological polar surface area (TPSA) is 72.9 Å². The summed E-state index contributed by atoms with van der Waals surface area (Å²) in [6.45, 7) is 8.02. The number of allylic oxidation sites excluding steroid dienone is 1. The summed E-state index contributed by atoms with van der Waals surface area (Å²) in [7, 11) is 4.03. The van der Waals surface area contributed by atoms with Crippen molar-refractivity contribution in [1.82, 2.24) is 0 Å². The van der Waals surface area contributed by atoms with E-state index in [1.807, 2.05) is 51.4 Å². The molecule has 6 heteroatoms. The Morgan fingerprint density at radius 2 is 1.57 bits per heavy atom. The first kappa shape index (κ1) is 32.9. The zero-order valence-corrected chi connectivity index (χ0v) is 27.6. The Kier molecular flexibility index (Phi) is 10.6. The van der Waals surface area contributed by atoms with Gasteiger partial charge in [-0.1, -0.05) is 56.2 Å². The zero-order valence-electron chi connectivity index (χ0n) is 27.6. The van der Waals surface area contributed by atoms with Crippen molar-refractivity contribution < 1.29 is 23.9 Å². The number of Topliss-reactive ketones (excluding diaryl/α,β-unsaturated/α-hetero) is 2. The van der Waals surface area contributed by atoms with Gasteiger partial charge in [0.05, 0.1) is 5.57 Å². The predicted molar refractivity (Wildman–Crippen MR) is 184 cm³/mol. The van der Waals surface area contributed by atoms with E-state index in [9.17, 15) is 14.4 Å². The van der Waals surface area contributed by atoms with Crippen LogP contribution in [-0.4, -0.2) is 37.7 Å². The van der Waals surface area contributed by atoms with Crippen molar-refractivity contribution in [2.24, 2.45) is 0 Å². The van der Waals surface area contributed by atoms with E-state index in [4.69, 9.17) is 9.47 Å². The Hall–Kier alpha value is -4.45. The van der Waals surface area contributed by atoms with E-state index in [1.165, 1.54) is 0 Å². The van der Waals surface area contributed by atoms with E-state index in [-0.39, 0.29) is 23.6 Å². The molecule has 5 rings (SSSR count). The molecule has 1 atom stereocenters. The highest BCUT2D eigenvalue weighted by Gasteiger charge is 2.31. The number of ketones is 2. The van der Waals surface area contributed by atoms with Gasteiger partial charge in [-0.2, -0.15) is 0 Å². The van der Waals surface area contributed by atoms with Crippen molar-refractivity contribution >= 4 is 35.4 Å². The SMILES string of the molecule is C=c1ccc2c(c1)Oc1cc(N(C)C)ccc1C=2c1ccc(C(=O)CCCCCCCC(=O)CCC/C=C2\C(=O)OC2C)cc1C. The molecule has 0 aromatic heterocycles. The number of benzene rings is 3. The van der Waals surface area contributed by atoms with Gasteiger partial charge in [-0.3, -0.25) is 9.59 Å². The lowest BCUT2D eigenvalue weighted by molar-refractivity contribution is -0.154. The third-order valence-corrected chi connectivity index (χ3v) is 8.94. The predicted octanol–water partition coefficient (Wildman–Crippen LogP) is 7.35. The van der Waals surface area contributed by atoms with E-state index in [1.54, 1.807) is 0 Å². The van der Waals surface area contributed by atoms with Gasteiger partial charge in [0.1, 0.15) is 23.4 Å². The fourth-order valence-electron chi connectivity index (χ4n) is 6.22. The summed E-state index contributed by atoms with van der Waals surface area (Å²) in [4.78, 5) is 38.7. The van der Waals surface area contributed by atoms with Crippen LogP contribution in [0.5, 0.6) is 11.5 Å². The average molecular weight is 620 g/mol. The molecule has 2 heterocycles. The molecule has 0 radical (unpaired) electrons. The van der Waals surface area contributed by atoms with Crippen LogP contribution in [0.2, 0.25) is 0 Å². The number of unbranched alkanes of at least 4 members (excludes halogenated alkanes) is 5. The molecule has 0 aliphatic carbocycles. The highest BCUT2D eigenvalue weighted by atomic mass is 16.6. The molecule has 1 unspecified atom stereocenters. The lowest BCUT2D eigenvalue weighted by Gasteiger charge is -2.25. The molecule has 0 amide bonds. The van der Waals surface area contributed by atoms with Crippen LogP contribution in [0.1, 0.15) is 98.2 Å². The van der Waals surface area contributed by atoms with Gasteiger partial charge in [0, 0.05) is 67.0 Å². The molecule has 0 bridgehead atoms. The maximum Gasteiger partial charge on any atom is 0.338 e. The van der Waals surface area contributed by atoms with Gasteiger partial charge in [-0.15, -0.1) is 0 Å². The fourth-order valence-corrected chi connectivity index (χ4v) is 6.22. The van der Waals surface area contributed by atoms with E-state index < -0.39 is 0 Å². The number of rotatable bonds is 15. The summed E-state index contributed by atoms with van der Waals surface area (Å²) in [5.74, 6) is 1.82. The van der Waals surface area contributed by atoms with Crippen molar-refractivity contribution in [2.75, 3.05) is 19.0 Å². The summed E-state index contributed by atoms with van der Waals surface area (Å²) < 4.78 is 11.3. The summed E-state index contributed by atoms with van der Waals surface area (Å²) in [5.41, 5.74) is 6.81. The Bertz CT molecular complexity index is 1780. The summed E-state index contributed by atoms with van der Waals surface area (Å²) in [5, 5.41) is 1.91. The van der Waals surface area contributed by atoms with Gasteiger partial charge in [0.2, 0.25) is 0 Å². The zero-order chi connectivity index (χ0) is 32.8. The molecule has 6 nitrogen and oxygen atoms in total. The summed E-state index contributed by atoms with van der Waals surface area (Å²) in [6, 6.07) is 18.4. The molecular formula is C40H45NO5. The molecule has 3 aromatic carbocycles. The van der Waals surface area contributed by atoms with Gasteiger partial charge < -0.3 is 14.4 Å². The van der Waals surface area contributed by atoms with Gasteiger partial charge in [-0.25, -0.2) is 4.79 Å². The Morgan fingerprint density at radius 3 is 2.28 bits per heavy atom. The Balaban J connectivity index is 1.11. The number of esters is 1. The van der Waals surface area contributed by atoms with Crippen molar-refractivity contribution in [3.05, 3.63) is 98.9 Å². The van der Waals surface area contributed by atoms with Crippen molar-refractivity contribution in [3.63, 3.8) is 0 Å². The number of aryl methyl sites for hydroxylation is 1. The third-order valence-electron chi connectivity index (χ3n) is 8.94. The molecule has 3 aromatic rings. The largest absolute Gasteiger partial charge is 0.456 e. The van der Waals surface area contributed by atoms with Gasteiger partial charge >= 0.3 is 5.97 Å². The molecule has 46 heavy (non-hydrogen) atoms. The number of hydrogen-bond donors (Lipinski definition) is 0. The van der Waals surface area contributed by atoms with Gasteiger partial charge in [0.25, 0.3) is 0 Å². The van der Waals surface area contributed by atoms with E-state index in [2.05, 4.69) is 48.7 Å². The lowest BCUT2D eigenvalue weighted by atomic mass is 9.88. The average Bonchev–Trinajstić information content (AvgIpc) is 3.02. The summed E-state index contributed by atoms with van der Waals surface area (Å²) >= 11 is 0. The van der Waals surface area contributed by atoms with E-state index in [0.29, 0.717) is 19.3 Å². The first-order valence-corrected chi connectivity index (χ1v) is 16.5. The normalized spacial score (nSPS) is 15.8. The second kappa shape index (κ2) is 14.8. The second-order valence-corrected chi connectivity index (χ2v) is 12.7. The van der Waals surface area contributed by atoms with Gasteiger partial charge in [-0.05, 0) is 80.1 Å². The molecular weight excluding hydrogens is 574 g/mol. The molecule has 2 aliphatic heterocycles. The second-order valence-electron chi connectivity index (χ2n) is 12.7. The quantitative estimate of drug-likeness (QED) is 0.0600. The number of ether oxygens (including phenoxy) is 2. The molecule has 0 saturated carbocycles. The van der Waals surface area contributed by atoms with Crippen LogP contribution in [0.25, 0.3) is 12.2 Å². The molecule has 1 fully saturated rings. The van der Waals surface area contributed by atoms with E-state index in [0.717, 1.165) is 106 Å². The number of nitrogens with zero attached hydrogens (tertiary/aromatic N) is 1. The first-order chi connectivity index (χ1) is 22.1. The van der Waals surface area contributed by atoms with Crippen LogP contribution in [0.3, 0.4) is 0 Å². The van der Waals surface area contributed by atoms with Gasteiger partial charge in [0.15, 0.2) is 5.78 Å². The Labute approximate surface area is 272 Å². The third kappa shape index (κ3) is 7.67. The Morgan fingerprint density at radius 1 is 0.848 bits per heavy atom. The number of carbonyl (C=O) groups is 3. The standard InChI is InChI=1S/C40H45NO5/c1-26-17-20-34-37(23-26)46-38-25-30(41(4)5)19-22-35(38)39(34)32-21-18-29(24-27(32)2)36(43)16-10-8-6-7-9-13-31(42)14-11-12-15-33-28(3)45-40(33)44/h15,17-25,28H,1,6-14,16H2,2-5H3/b33-15-. The maximum atomic E-state index is 13.1. The maximum absolute atomic E-state index is 13.1. The summed E-state index contributed by atoms with van der Waals surface area (Å²) in [6.07, 6.45) is 9.73. The minimum absolute atomic E-state index is 0.109. The molecule has 2 aliphatic rings. The van der Waals surface area contributed by atoms with Crippen LogP contribution in [0.15, 0.2) is 66.2 Å². The minimum atomic E-state index is -0.233. The number of anilines is 1. The lowest BCUT2D eigenvalue weighted by Crippen LogP contribution is -2.33. The molecule has 240 valence electrons.